The Bertz CT molecular complexity index is 1080. The molecule has 0 bridgehead atoms. The van der Waals surface area contributed by atoms with Crippen molar-refractivity contribution < 1.29 is 8.42 Å². The van der Waals surface area contributed by atoms with Crippen LogP contribution in [0.25, 0.3) is 11.0 Å². The second-order valence-electron chi connectivity index (χ2n) is 5.47. The second kappa shape index (κ2) is 6.08. The van der Waals surface area contributed by atoms with Crippen LogP contribution in [0.2, 0.25) is 5.02 Å². The molecule has 24 heavy (non-hydrogen) atoms. The van der Waals surface area contributed by atoms with E-state index in [4.69, 9.17) is 11.6 Å². The van der Waals surface area contributed by atoms with Crippen molar-refractivity contribution in [3.63, 3.8) is 0 Å². The molecular weight excluding hydrogens is 350 g/mol. The van der Waals surface area contributed by atoms with Crippen molar-refractivity contribution in [2.45, 2.75) is 11.4 Å². The first-order chi connectivity index (χ1) is 11.3. The van der Waals surface area contributed by atoms with Crippen LogP contribution < -0.4 is 10.4 Å². The number of aromatic nitrogens is 2. The van der Waals surface area contributed by atoms with E-state index < -0.39 is 10.0 Å². The van der Waals surface area contributed by atoms with Crippen molar-refractivity contribution >= 4 is 32.7 Å². The number of hydrogen-bond acceptors (Lipinski definition) is 3. The predicted octanol–water partition coefficient (Wildman–Crippen LogP) is 2.01. The molecule has 2 aromatic carbocycles. The number of rotatable bonds is 4. The first-order valence-corrected chi connectivity index (χ1v) is 9.06. The molecule has 0 radical (unpaired) electrons. The highest BCUT2D eigenvalue weighted by molar-refractivity contribution is 7.89. The Hall–Kier alpha value is -2.09. The quantitative estimate of drug-likeness (QED) is 0.768. The zero-order valence-corrected chi connectivity index (χ0v) is 14.7. The Labute approximate surface area is 144 Å². The molecule has 0 spiro atoms. The van der Waals surface area contributed by atoms with Gasteiger partial charge in [0.05, 0.1) is 15.9 Å². The van der Waals surface area contributed by atoms with Crippen molar-refractivity contribution in [1.82, 2.24) is 13.9 Å². The first-order valence-electron chi connectivity index (χ1n) is 7.20. The minimum atomic E-state index is -3.72. The van der Waals surface area contributed by atoms with Gasteiger partial charge in [-0.15, -0.1) is 0 Å². The van der Waals surface area contributed by atoms with Crippen LogP contribution in [0.5, 0.6) is 0 Å². The van der Waals surface area contributed by atoms with Crippen LogP contribution in [-0.4, -0.2) is 17.6 Å². The molecule has 0 aliphatic carbocycles. The number of imidazole rings is 1. The van der Waals surface area contributed by atoms with E-state index in [2.05, 4.69) is 4.72 Å². The fourth-order valence-corrected chi connectivity index (χ4v) is 3.78. The molecule has 0 aliphatic heterocycles. The fourth-order valence-electron chi connectivity index (χ4n) is 2.55. The maximum atomic E-state index is 12.5. The second-order valence-corrected chi connectivity index (χ2v) is 7.64. The first kappa shape index (κ1) is 16.8. The summed E-state index contributed by atoms with van der Waals surface area (Å²) in [5, 5.41) is 0.501. The number of halogens is 1. The lowest BCUT2D eigenvalue weighted by Gasteiger charge is -2.08. The smallest absolute Gasteiger partial charge is 0.295 e. The third-order valence-electron chi connectivity index (χ3n) is 3.96. The topological polar surface area (TPSA) is 73.1 Å². The summed E-state index contributed by atoms with van der Waals surface area (Å²) in [6.07, 6.45) is 0. The van der Waals surface area contributed by atoms with Gasteiger partial charge < -0.3 is 0 Å². The summed E-state index contributed by atoms with van der Waals surface area (Å²) in [7, 11) is -0.464. The predicted molar refractivity (Wildman–Crippen MR) is 93.6 cm³/mol. The molecule has 126 valence electrons. The van der Waals surface area contributed by atoms with Gasteiger partial charge in [0.2, 0.25) is 10.0 Å². The minimum Gasteiger partial charge on any atom is -0.295 e. The van der Waals surface area contributed by atoms with Crippen LogP contribution in [0.15, 0.2) is 52.2 Å². The van der Waals surface area contributed by atoms with Gasteiger partial charge >= 0.3 is 5.69 Å². The van der Waals surface area contributed by atoms with Gasteiger partial charge in [-0.1, -0.05) is 29.8 Å². The summed E-state index contributed by atoms with van der Waals surface area (Å²) in [4.78, 5) is 12.0. The number of nitrogens with zero attached hydrogens (tertiary/aromatic N) is 2. The van der Waals surface area contributed by atoms with Crippen molar-refractivity contribution in [1.29, 1.82) is 0 Å². The molecular formula is C16H16ClN3O3S. The Morgan fingerprint density at radius 2 is 1.71 bits per heavy atom. The molecule has 0 fully saturated rings. The summed E-state index contributed by atoms with van der Waals surface area (Å²) < 4.78 is 30.5. The van der Waals surface area contributed by atoms with E-state index in [-0.39, 0.29) is 17.1 Å². The third-order valence-corrected chi connectivity index (χ3v) is 5.73. The molecule has 6 nitrogen and oxygen atoms in total. The molecule has 3 rings (SSSR count). The molecule has 1 aromatic heterocycles. The van der Waals surface area contributed by atoms with E-state index in [0.29, 0.717) is 21.6 Å². The number of sulfonamides is 1. The maximum absolute atomic E-state index is 12.5. The molecule has 0 unspecified atom stereocenters. The summed E-state index contributed by atoms with van der Waals surface area (Å²) in [5.41, 5.74) is 1.72. The number of hydrogen-bond donors (Lipinski definition) is 1. The van der Waals surface area contributed by atoms with Crippen molar-refractivity contribution in [2.75, 3.05) is 0 Å². The number of aryl methyl sites for hydroxylation is 2. The molecule has 1 heterocycles. The van der Waals surface area contributed by atoms with Crippen molar-refractivity contribution in [3.8, 4) is 0 Å². The van der Waals surface area contributed by atoms with Gasteiger partial charge in [0.1, 0.15) is 0 Å². The molecule has 0 saturated carbocycles. The van der Waals surface area contributed by atoms with Crippen LogP contribution in [0.4, 0.5) is 0 Å². The van der Waals surface area contributed by atoms with Crippen LogP contribution in [0, 0.1) is 0 Å². The Morgan fingerprint density at radius 3 is 2.42 bits per heavy atom. The molecule has 0 amide bonds. The zero-order valence-electron chi connectivity index (χ0n) is 13.2. The van der Waals surface area contributed by atoms with Gasteiger partial charge in [0.15, 0.2) is 0 Å². The highest BCUT2D eigenvalue weighted by atomic mass is 35.5. The van der Waals surface area contributed by atoms with Crippen molar-refractivity contribution in [2.24, 2.45) is 14.1 Å². The highest BCUT2D eigenvalue weighted by Gasteiger charge is 2.17. The van der Waals surface area contributed by atoms with Crippen LogP contribution in [-0.2, 0) is 30.7 Å². The number of benzene rings is 2. The van der Waals surface area contributed by atoms with Gasteiger partial charge in [-0.3, -0.25) is 9.13 Å². The lowest BCUT2D eigenvalue weighted by atomic mass is 10.2. The Kier molecular flexibility index (Phi) is 4.25. The fraction of sp³-hybridized carbons (Fsp3) is 0.188. The average molecular weight is 366 g/mol. The largest absolute Gasteiger partial charge is 0.328 e. The average Bonchev–Trinajstić information content (AvgIpc) is 2.78. The lowest BCUT2D eigenvalue weighted by Crippen LogP contribution is -2.23. The van der Waals surface area contributed by atoms with E-state index in [1.54, 1.807) is 44.4 Å². The molecule has 0 aliphatic rings. The van der Waals surface area contributed by atoms with Gasteiger partial charge in [-0.05, 0) is 29.8 Å². The van der Waals surface area contributed by atoms with E-state index in [1.165, 1.54) is 21.3 Å². The molecule has 0 atom stereocenters. The Morgan fingerprint density at radius 1 is 1.04 bits per heavy atom. The van der Waals surface area contributed by atoms with E-state index in [1.807, 2.05) is 0 Å². The van der Waals surface area contributed by atoms with E-state index >= 15 is 0 Å². The number of nitrogens with one attached hydrogen (secondary N) is 1. The number of fused-ring (bicyclic) bond motifs is 1. The molecule has 0 saturated heterocycles. The van der Waals surface area contributed by atoms with Gasteiger partial charge in [0.25, 0.3) is 0 Å². The van der Waals surface area contributed by atoms with Crippen LogP contribution in [0.3, 0.4) is 0 Å². The van der Waals surface area contributed by atoms with Gasteiger partial charge in [-0.25, -0.2) is 17.9 Å². The summed E-state index contributed by atoms with van der Waals surface area (Å²) in [6.45, 7) is 0.0910. The normalized spacial score (nSPS) is 12.0. The summed E-state index contributed by atoms with van der Waals surface area (Å²) in [6, 6.07) is 11.6. The monoisotopic (exact) mass is 365 g/mol. The van der Waals surface area contributed by atoms with Crippen LogP contribution in [0.1, 0.15) is 5.56 Å². The standard InChI is InChI=1S/C16H16ClN3O3S/c1-19-14-8-7-12(9-15(14)20(2)16(19)21)24(22,23)18-10-11-5-3-4-6-13(11)17/h3-9,18H,10H2,1-2H3. The lowest BCUT2D eigenvalue weighted by molar-refractivity contribution is 0.581. The van der Waals surface area contributed by atoms with Crippen LogP contribution >= 0.6 is 11.6 Å². The maximum Gasteiger partial charge on any atom is 0.328 e. The molecule has 8 heteroatoms. The summed E-state index contributed by atoms with van der Waals surface area (Å²) >= 11 is 6.04. The third kappa shape index (κ3) is 2.86. The zero-order chi connectivity index (χ0) is 17.5. The summed E-state index contributed by atoms with van der Waals surface area (Å²) in [5.74, 6) is 0. The van der Waals surface area contributed by atoms with Gasteiger partial charge in [-0.2, -0.15) is 0 Å². The van der Waals surface area contributed by atoms with Gasteiger partial charge in [0, 0.05) is 25.7 Å². The Balaban J connectivity index is 1.95. The highest BCUT2D eigenvalue weighted by Crippen LogP contribution is 2.19. The van der Waals surface area contributed by atoms with E-state index in [0.717, 1.165) is 0 Å². The molecule has 1 N–H and O–H groups in total. The van der Waals surface area contributed by atoms with E-state index in [9.17, 15) is 13.2 Å². The minimum absolute atomic E-state index is 0.0910. The van der Waals surface area contributed by atoms with Crippen molar-refractivity contribution in [3.05, 3.63) is 63.5 Å². The SMILES string of the molecule is Cn1c(=O)n(C)c2cc(S(=O)(=O)NCc3ccccc3Cl)ccc21. The molecule has 3 aromatic rings.